The number of likely N-dealkylation sites (tertiary alicyclic amines) is 1. The van der Waals surface area contributed by atoms with Crippen molar-refractivity contribution in [1.29, 1.82) is 0 Å². The number of nitrogens with one attached hydrogen (secondary N) is 1. The molecule has 0 spiro atoms. The second kappa shape index (κ2) is 3.33. The molecule has 0 bridgehead atoms. The number of aldehydes is 1. The average Bonchev–Trinajstić information content (AvgIpc) is 2.88. The van der Waals surface area contributed by atoms with Crippen molar-refractivity contribution >= 4 is 12.7 Å². The highest BCUT2D eigenvalue weighted by molar-refractivity contribution is 5.69. The van der Waals surface area contributed by atoms with E-state index in [9.17, 15) is 14.7 Å². The number of aliphatic hydroxyl groups is 1. The normalized spacial score (nSPS) is 35.2. The summed E-state index contributed by atoms with van der Waals surface area (Å²) in [4.78, 5) is 23.1. The van der Waals surface area contributed by atoms with Gasteiger partial charge < -0.3 is 15.2 Å². The van der Waals surface area contributed by atoms with Crippen LogP contribution >= 0.6 is 0 Å². The molecule has 0 aromatic rings. The summed E-state index contributed by atoms with van der Waals surface area (Å²) in [6.45, 7) is 0.476. The second-order valence-electron chi connectivity index (χ2n) is 4.06. The van der Waals surface area contributed by atoms with Crippen LogP contribution in [0.25, 0.3) is 0 Å². The van der Waals surface area contributed by atoms with Crippen molar-refractivity contribution in [2.24, 2.45) is 0 Å². The van der Waals surface area contributed by atoms with Crippen molar-refractivity contribution in [2.45, 2.75) is 37.1 Å². The summed E-state index contributed by atoms with van der Waals surface area (Å²) < 4.78 is 0. The molecule has 2 rings (SSSR count). The lowest BCUT2D eigenvalue weighted by Crippen LogP contribution is -2.48. The van der Waals surface area contributed by atoms with Crippen LogP contribution in [-0.4, -0.2) is 47.1 Å². The first kappa shape index (κ1) is 9.61. The Morgan fingerprint density at radius 1 is 1.43 bits per heavy atom. The highest BCUT2D eigenvalue weighted by atomic mass is 16.3. The van der Waals surface area contributed by atoms with Crippen molar-refractivity contribution < 1.29 is 14.7 Å². The Balaban J connectivity index is 2.08. The maximum atomic E-state index is 10.9. The van der Waals surface area contributed by atoms with Gasteiger partial charge in [-0.25, -0.2) is 0 Å². The molecule has 0 aromatic heterocycles. The van der Waals surface area contributed by atoms with Crippen LogP contribution in [0.4, 0.5) is 0 Å². The molecule has 2 unspecified atom stereocenters. The van der Waals surface area contributed by atoms with Gasteiger partial charge >= 0.3 is 0 Å². The first-order valence-electron chi connectivity index (χ1n) is 4.83. The highest BCUT2D eigenvalue weighted by Crippen LogP contribution is 2.43. The van der Waals surface area contributed by atoms with E-state index in [1.54, 1.807) is 0 Å². The quantitative estimate of drug-likeness (QED) is 0.560. The molecule has 1 saturated heterocycles. The van der Waals surface area contributed by atoms with Crippen LogP contribution in [0.2, 0.25) is 0 Å². The van der Waals surface area contributed by atoms with Gasteiger partial charge in [0.25, 0.3) is 0 Å². The first-order chi connectivity index (χ1) is 6.72. The zero-order valence-electron chi connectivity index (χ0n) is 7.85. The number of amides is 1. The van der Waals surface area contributed by atoms with Crippen molar-refractivity contribution in [1.82, 2.24) is 10.2 Å². The number of hydrogen-bond donors (Lipinski definition) is 2. The smallest absolute Gasteiger partial charge is 0.208 e. The van der Waals surface area contributed by atoms with E-state index in [1.807, 2.05) is 4.90 Å². The standard InChI is InChI=1S/C9H14N2O3/c12-5-9(1-2-9)11-4-7(14)3-8(11)10-6-13/h5-8,14H,1-4H2,(H,10,13). The molecule has 1 amide bonds. The molecule has 1 aliphatic carbocycles. The summed E-state index contributed by atoms with van der Waals surface area (Å²) in [6, 6.07) is 0. The van der Waals surface area contributed by atoms with Gasteiger partial charge in [-0.1, -0.05) is 0 Å². The Labute approximate surface area is 82.1 Å². The van der Waals surface area contributed by atoms with Crippen molar-refractivity contribution in [3.63, 3.8) is 0 Å². The third-order valence-corrected chi connectivity index (χ3v) is 3.09. The molecule has 78 valence electrons. The van der Waals surface area contributed by atoms with E-state index in [0.29, 0.717) is 19.4 Å². The molecule has 2 aliphatic rings. The lowest BCUT2D eigenvalue weighted by Gasteiger charge is -2.28. The van der Waals surface area contributed by atoms with E-state index < -0.39 is 11.6 Å². The number of nitrogens with zero attached hydrogens (tertiary/aromatic N) is 1. The molecule has 5 nitrogen and oxygen atoms in total. The van der Waals surface area contributed by atoms with E-state index in [4.69, 9.17) is 0 Å². The molecule has 0 radical (unpaired) electrons. The lowest BCUT2D eigenvalue weighted by atomic mass is 10.2. The Kier molecular flexibility index (Phi) is 2.28. The number of hydrogen-bond acceptors (Lipinski definition) is 4. The Morgan fingerprint density at radius 3 is 2.64 bits per heavy atom. The van der Waals surface area contributed by atoms with Gasteiger partial charge in [-0.15, -0.1) is 0 Å². The number of carbonyl (C=O) groups is 2. The van der Waals surface area contributed by atoms with Crippen LogP contribution in [-0.2, 0) is 9.59 Å². The number of β-amino-alcohol motifs (C(OH)–C–C–N with tert-alkyl or cyclic N) is 1. The van der Waals surface area contributed by atoms with Gasteiger partial charge in [0, 0.05) is 13.0 Å². The number of aliphatic hydroxyl groups excluding tert-OH is 1. The van der Waals surface area contributed by atoms with Crippen LogP contribution in [0.3, 0.4) is 0 Å². The summed E-state index contributed by atoms with van der Waals surface area (Å²) in [5.41, 5.74) is -0.405. The summed E-state index contributed by atoms with van der Waals surface area (Å²) in [6.07, 6.45) is 3.11. The Morgan fingerprint density at radius 2 is 2.14 bits per heavy atom. The van der Waals surface area contributed by atoms with Gasteiger partial charge in [0.1, 0.15) is 6.29 Å². The van der Waals surface area contributed by atoms with E-state index in [1.165, 1.54) is 0 Å². The zero-order valence-corrected chi connectivity index (χ0v) is 7.85. The Hall–Kier alpha value is -0.940. The summed E-state index contributed by atoms with van der Waals surface area (Å²) >= 11 is 0. The predicted octanol–water partition coefficient (Wildman–Crippen LogP) is -1.14. The van der Waals surface area contributed by atoms with Gasteiger partial charge in [-0.05, 0) is 12.8 Å². The van der Waals surface area contributed by atoms with E-state index in [2.05, 4.69) is 5.32 Å². The molecule has 2 fully saturated rings. The van der Waals surface area contributed by atoms with Crippen LogP contribution in [0, 0.1) is 0 Å². The van der Waals surface area contributed by atoms with Crippen LogP contribution < -0.4 is 5.32 Å². The first-order valence-corrected chi connectivity index (χ1v) is 4.83. The van der Waals surface area contributed by atoms with Crippen molar-refractivity contribution in [2.75, 3.05) is 6.54 Å². The average molecular weight is 198 g/mol. The second-order valence-corrected chi connectivity index (χ2v) is 4.06. The third-order valence-electron chi connectivity index (χ3n) is 3.09. The Bertz CT molecular complexity index is 252. The molecule has 2 N–H and O–H groups in total. The molecular weight excluding hydrogens is 184 g/mol. The minimum atomic E-state index is -0.440. The maximum Gasteiger partial charge on any atom is 0.208 e. The van der Waals surface area contributed by atoms with E-state index in [0.717, 1.165) is 19.1 Å². The van der Waals surface area contributed by atoms with Gasteiger partial charge in [0.05, 0.1) is 17.8 Å². The summed E-state index contributed by atoms with van der Waals surface area (Å²) in [5, 5.41) is 12.1. The lowest BCUT2D eigenvalue weighted by molar-refractivity contribution is -0.117. The largest absolute Gasteiger partial charge is 0.392 e. The minimum Gasteiger partial charge on any atom is -0.392 e. The molecule has 14 heavy (non-hydrogen) atoms. The molecule has 1 aliphatic heterocycles. The predicted molar refractivity (Wildman–Crippen MR) is 48.3 cm³/mol. The molecule has 1 heterocycles. The van der Waals surface area contributed by atoms with Crippen LogP contribution in [0.15, 0.2) is 0 Å². The molecular formula is C9H14N2O3. The van der Waals surface area contributed by atoms with Crippen molar-refractivity contribution in [3.8, 4) is 0 Å². The van der Waals surface area contributed by atoms with Gasteiger partial charge in [0.2, 0.25) is 6.41 Å². The van der Waals surface area contributed by atoms with E-state index in [-0.39, 0.29) is 6.17 Å². The van der Waals surface area contributed by atoms with Gasteiger partial charge in [-0.2, -0.15) is 0 Å². The zero-order chi connectivity index (χ0) is 10.2. The summed E-state index contributed by atoms with van der Waals surface area (Å²) in [5.74, 6) is 0. The number of carbonyl (C=O) groups excluding carboxylic acids is 2. The van der Waals surface area contributed by atoms with Gasteiger partial charge in [-0.3, -0.25) is 9.69 Å². The van der Waals surface area contributed by atoms with Crippen LogP contribution in [0.1, 0.15) is 19.3 Å². The van der Waals surface area contributed by atoms with Gasteiger partial charge in [0.15, 0.2) is 0 Å². The number of rotatable bonds is 4. The van der Waals surface area contributed by atoms with Crippen LogP contribution in [0.5, 0.6) is 0 Å². The fraction of sp³-hybridized carbons (Fsp3) is 0.778. The molecule has 5 heteroatoms. The highest BCUT2D eigenvalue weighted by Gasteiger charge is 2.53. The van der Waals surface area contributed by atoms with Crippen molar-refractivity contribution in [3.05, 3.63) is 0 Å². The fourth-order valence-electron chi connectivity index (χ4n) is 2.14. The maximum absolute atomic E-state index is 10.9. The molecule has 1 saturated carbocycles. The monoisotopic (exact) mass is 198 g/mol. The minimum absolute atomic E-state index is 0.185. The molecule has 2 atom stereocenters. The SMILES string of the molecule is O=CNC1CC(O)CN1C1(C=O)CC1. The summed E-state index contributed by atoms with van der Waals surface area (Å²) in [7, 11) is 0. The third kappa shape index (κ3) is 1.42. The fourth-order valence-corrected chi connectivity index (χ4v) is 2.14. The topological polar surface area (TPSA) is 69.6 Å². The molecule has 0 aromatic carbocycles. The van der Waals surface area contributed by atoms with E-state index >= 15 is 0 Å².